The van der Waals surface area contributed by atoms with Crippen molar-refractivity contribution in [2.45, 2.75) is 6.92 Å². The minimum Gasteiger partial charge on any atom is -0.397 e. The lowest BCUT2D eigenvalue weighted by Gasteiger charge is -2.13. The van der Waals surface area contributed by atoms with Crippen LogP contribution in [0.15, 0.2) is 42.9 Å². The van der Waals surface area contributed by atoms with Crippen molar-refractivity contribution in [1.29, 1.82) is 0 Å². The molecule has 0 bridgehead atoms. The summed E-state index contributed by atoms with van der Waals surface area (Å²) in [6.45, 7) is 1.91. The molecule has 0 aliphatic carbocycles. The summed E-state index contributed by atoms with van der Waals surface area (Å²) < 4.78 is 15.7. The van der Waals surface area contributed by atoms with E-state index in [9.17, 15) is 4.39 Å². The zero-order chi connectivity index (χ0) is 15.7. The molecule has 22 heavy (non-hydrogen) atoms. The number of pyridine rings is 1. The van der Waals surface area contributed by atoms with E-state index in [1.54, 1.807) is 30.6 Å². The Labute approximate surface area is 127 Å². The number of anilines is 2. The van der Waals surface area contributed by atoms with Gasteiger partial charge in [0.05, 0.1) is 17.1 Å². The van der Waals surface area contributed by atoms with Crippen LogP contribution in [-0.4, -0.2) is 21.6 Å². The number of nitrogens with two attached hydrogens (primary N) is 1. The van der Waals surface area contributed by atoms with E-state index in [0.29, 0.717) is 16.8 Å². The van der Waals surface area contributed by atoms with Gasteiger partial charge in [-0.3, -0.25) is 4.57 Å². The van der Waals surface area contributed by atoms with Crippen LogP contribution in [0.1, 0.15) is 5.69 Å². The van der Waals surface area contributed by atoms with Gasteiger partial charge in [0.15, 0.2) is 0 Å². The van der Waals surface area contributed by atoms with Gasteiger partial charge in [-0.1, -0.05) is 6.07 Å². The van der Waals surface area contributed by atoms with E-state index >= 15 is 0 Å². The lowest BCUT2D eigenvalue weighted by Crippen LogP contribution is -2.04. The lowest BCUT2D eigenvalue weighted by atomic mass is 10.1. The molecule has 0 saturated heterocycles. The monoisotopic (exact) mass is 297 g/mol. The maximum atomic E-state index is 13.9. The normalized spacial score (nSPS) is 10.7. The number of halogens is 1. The van der Waals surface area contributed by atoms with Gasteiger partial charge >= 0.3 is 0 Å². The van der Waals surface area contributed by atoms with Crippen LogP contribution in [0.25, 0.3) is 16.8 Å². The van der Waals surface area contributed by atoms with E-state index in [2.05, 4.69) is 15.3 Å². The molecule has 5 nitrogen and oxygen atoms in total. The Morgan fingerprint density at radius 1 is 1.23 bits per heavy atom. The molecule has 0 aliphatic heterocycles. The lowest BCUT2D eigenvalue weighted by molar-refractivity contribution is 0.587. The third-order valence-corrected chi connectivity index (χ3v) is 3.55. The van der Waals surface area contributed by atoms with Gasteiger partial charge in [0.1, 0.15) is 12.1 Å². The van der Waals surface area contributed by atoms with Gasteiger partial charge in [-0.05, 0) is 36.8 Å². The molecule has 3 rings (SSSR count). The molecule has 0 saturated carbocycles. The maximum absolute atomic E-state index is 13.9. The molecule has 2 heterocycles. The smallest absolute Gasteiger partial charge is 0.220 e. The number of rotatable bonds is 3. The van der Waals surface area contributed by atoms with Crippen LogP contribution in [0.3, 0.4) is 0 Å². The van der Waals surface area contributed by atoms with Crippen LogP contribution in [0.5, 0.6) is 0 Å². The van der Waals surface area contributed by atoms with E-state index in [0.717, 1.165) is 17.2 Å². The van der Waals surface area contributed by atoms with E-state index in [1.807, 2.05) is 24.6 Å². The van der Waals surface area contributed by atoms with Crippen LogP contribution < -0.4 is 11.1 Å². The highest BCUT2D eigenvalue weighted by molar-refractivity contribution is 5.73. The van der Waals surface area contributed by atoms with Crippen LogP contribution in [-0.2, 0) is 0 Å². The largest absolute Gasteiger partial charge is 0.397 e. The van der Waals surface area contributed by atoms with Crippen molar-refractivity contribution in [2.24, 2.45) is 0 Å². The van der Waals surface area contributed by atoms with Crippen molar-refractivity contribution < 1.29 is 4.39 Å². The van der Waals surface area contributed by atoms with Gasteiger partial charge in [0.25, 0.3) is 0 Å². The fourth-order valence-corrected chi connectivity index (χ4v) is 2.44. The number of benzene rings is 1. The highest BCUT2D eigenvalue weighted by Crippen LogP contribution is 2.29. The van der Waals surface area contributed by atoms with Crippen molar-refractivity contribution in [3.8, 4) is 16.8 Å². The topological polar surface area (TPSA) is 68.8 Å². The molecule has 3 N–H and O–H groups in total. The summed E-state index contributed by atoms with van der Waals surface area (Å²) in [6, 6.07) is 8.76. The van der Waals surface area contributed by atoms with Crippen molar-refractivity contribution in [1.82, 2.24) is 14.5 Å². The Kier molecular flexibility index (Phi) is 3.50. The highest BCUT2D eigenvalue weighted by atomic mass is 19.1. The second-order valence-corrected chi connectivity index (χ2v) is 4.91. The van der Waals surface area contributed by atoms with Crippen molar-refractivity contribution in [3.63, 3.8) is 0 Å². The Balaban J connectivity index is 2.17. The van der Waals surface area contributed by atoms with Gasteiger partial charge in [-0.2, -0.15) is 4.39 Å². The third-order valence-electron chi connectivity index (χ3n) is 3.55. The zero-order valence-electron chi connectivity index (χ0n) is 12.3. The summed E-state index contributed by atoms with van der Waals surface area (Å²) in [4.78, 5) is 7.97. The summed E-state index contributed by atoms with van der Waals surface area (Å²) in [5.41, 5.74) is 9.42. The molecule has 0 atom stereocenters. The van der Waals surface area contributed by atoms with Crippen molar-refractivity contribution in [2.75, 3.05) is 18.1 Å². The molecule has 0 amide bonds. The van der Waals surface area contributed by atoms with E-state index < -0.39 is 5.95 Å². The average molecular weight is 297 g/mol. The number of nitrogens with one attached hydrogen (secondary N) is 1. The van der Waals surface area contributed by atoms with Crippen LogP contribution in [0, 0.1) is 12.9 Å². The second-order valence-electron chi connectivity index (χ2n) is 4.91. The predicted molar refractivity (Wildman–Crippen MR) is 85.4 cm³/mol. The predicted octanol–water partition coefficient (Wildman–Crippen LogP) is 3.01. The Hall–Kier alpha value is -2.89. The number of hydrogen-bond donors (Lipinski definition) is 2. The summed E-state index contributed by atoms with van der Waals surface area (Å²) in [5, 5.41) is 3.10. The molecule has 0 aliphatic rings. The van der Waals surface area contributed by atoms with Gasteiger partial charge < -0.3 is 11.1 Å². The van der Waals surface area contributed by atoms with Gasteiger partial charge in [0, 0.05) is 18.8 Å². The van der Waals surface area contributed by atoms with Crippen molar-refractivity contribution in [3.05, 3.63) is 54.5 Å². The van der Waals surface area contributed by atoms with Gasteiger partial charge in [-0.15, -0.1) is 0 Å². The summed E-state index contributed by atoms with van der Waals surface area (Å²) >= 11 is 0. The first-order valence-corrected chi connectivity index (χ1v) is 6.84. The maximum Gasteiger partial charge on any atom is 0.220 e. The van der Waals surface area contributed by atoms with Gasteiger partial charge in [-0.25, -0.2) is 9.97 Å². The van der Waals surface area contributed by atoms with E-state index in [1.165, 1.54) is 6.20 Å². The first-order valence-electron chi connectivity index (χ1n) is 6.84. The molecule has 1 aromatic carbocycles. The molecule has 3 aromatic rings. The number of nitrogen functional groups attached to an aromatic ring is 1. The highest BCUT2D eigenvalue weighted by Gasteiger charge is 2.13. The van der Waals surface area contributed by atoms with Gasteiger partial charge in [0.2, 0.25) is 5.95 Å². The average Bonchev–Trinajstić information content (AvgIpc) is 2.89. The zero-order valence-corrected chi connectivity index (χ0v) is 12.3. The van der Waals surface area contributed by atoms with Crippen molar-refractivity contribution >= 4 is 11.5 Å². The SMILES string of the molecule is CNc1c(C)ncn1-c1cc(-c2cccnc2F)ccc1N. The molecule has 2 aromatic heterocycles. The van der Waals surface area contributed by atoms with E-state index in [-0.39, 0.29) is 0 Å². The number of aromatic nitrogens is 3. The third kappa shape index (κ3) is 2.28. The minimum absolute atomic E-state index is 0.437. The Morgan fingerprint density at radius 3 is 2.77 bits per heavy atom. The molecule has 6 heteroatoms. The minimum atomic E-state index is -0.506. The molecule has 0 radical (unpaired) electrons. The Morgan fingerprint density at radius 2 is 2.05 bits per heavy atom. The summed E-state index contributed by atoms with van der Waals surface area (Å²) in [5.74, 6) is 0.337. The van der Waals surface area contributed by atoms with Crippen LogP contribution in [0.4, 0.5) is 15.9 Å². The van der Waals surface area contributed by atoms with Crippen LogP contribution >= 0.6 is 0 Å². The number of hydrogen-bond acceptors (Lipinski definition) is 4. The molecular formula is C16H16FN5. The quantitative estimate of drug-likeness (QED) is 0.576. The number of aryl methyl sites for hydroxylation is 1. The molecular weight excluding hydrogens is 281 g/mol. The number of nitrogens with zero attached hydrogens (tertiary/aromatic N) is 3. The second kappa shape index (κ2) is 5.48. The molecule has 112 valence electrons. The fraction of sp³-hybridized carbons (Fsp3) is 0.125. The first-order chi connectivity index (χ1) is 10.6. The first kappa shape index (κ1) is 14.1. The van der Waals surface area contributed by atoms with E-state index in [4.69, 9.17) is 5.73 Å². The standard InChI is InChI=1S/C16H16FN5/c1-10-16(19-2)22(9-21-10)14-8-11(5-6-13(14)18)12-4-3-7-20-15(12)17/h3-9,19H,18H2,1-2H3. The van der Waals surface area contributed by atoms with Crippen LogP contribution in [0.2, 0.25) is 0 Å². The molecule has 0 fully saturated rings. The molecule has 0 spiro atoms. The Bertz CT molecular complexity index is 825. The summed E-state index contributed by atoms with van der Waals surface area (Å²) in [6.07, 6.45) is 3.12. The summed E-state index contributed by atoms with van der Waals surface area (Å²) in [7, 11) is 1.82. The fourth-order valence-electron chi connectivity index (χ4n) is 2.44. The molecule has 0 unspecified atom stereocenters. The number of imidazole rings is 1.